The second kappa shape index (κ2) is 9.89. The van der Waals surface area contributed by atoms with Gasteiger partial charge < -0.3 is 9.13 Å². The summed E-state index contributed by atoms with van der Waals surface area (Å²) in [6, 6.07) is 37.9. The fourth-order valence-corrected chi connectivity index (χ4v) is 6.34. The maximum absolute atomic E-state index is 5.11. The van der Waals surface area contributed by atoms with Gasteiger partial charge in [-0.2, -0.15) is 10.2 Å². The minimum absolute atomic E-state index is 0.904. The molecule has 8 heteroatoms. The van der Waals surface area contributed by atoms with Crippen molar-refractivity contribution in [2.45, 2.75) is 0 Å². The number of fused-ring (bicyclic) bond motifs is 4. The van der Waals surface area contributed by atoms with Crippen LogP contribution in [0.25, 0.3) is 72.5 Å². The Labute approximate surface area is 258 Å². The first-order chi connectivity index (χ1) is 22.2. The zero-order valence-corrected chi connectivity index (χ0v) is 24.4. The number of rotatable bonds is 5. The quantitative estimate of drug-likeness (QED) is 0.208. The highest BCUT2D eigenvalue weighted by atomic mass is 15.3. The van der Waals surface area contributed by atoms with Crippen LogP contribution in [-0.2, 0) is 7.05 Å². The Kier molecular flexibility index (Phi) is 5.55. The summed E-state index contributed by atoms with van der Waals surface area (Å²) in [6.07, 6.45) is 9.33. The topological polar surface area (TPSA) is 71.3 Å². The zero-order valence-electron chi connectivity index (χ0n) is 24.4. The SMILES string of the molecule is Cn1c(-c2ccc3c4cc(-n5cccn5)ccc4n(-c4cccc(-c5ccccn5)c4)c3c2)nc2cc(-n3cccn3)ccc21. The number of hydrogen-bond acceptors (Lipinski definition) is 4. The average molecular weight is 583 g/mol. The summed E-state index contributed by atoms with van der Waals surface area (Å²) in [5.74, 6) is 0.904. The van der Waals surface area contributed by atoms with Gasteiger partial charge in [-0.3, -0.25) is 4.98 Å². The van der Waals surface area contributed by atoms with Crippen LogP contribution >= 0.6 is 0 Å². The number of nitrogens with zero attached hydrogens (tertiary/aromatic N) is 8. The zero-order chi connectivity index (χ0) is 29.9. The molecule has 0 unspecified atom stereocenters. The highest BCUT2D eigenvalue weighted by molar-refractivity contribution is 6.11. The van der Waals surface area contributed by atoms with Gasteiger partial charge in [0.2, 0.25) is 0 Å². The number of benzene rings is 4. The molecule has 5 aromatic heterocycles. The van der Waals surface area contributed by atoms with Gasteiger partial charge in [0.05, 0.1) is 39.1 Å². The first-order valence-electron chi connectivity index (χ1n) is 14.8. The van der Waals surface area contributed by atoms with Crippen molar-refractivity contribution in [1.29, 1.82) is 0 Å². The van der Waals surface area contributed by atoms with Crippen molar-refractivity contribution < 1.29 is 0 Å². The van der Waals surface area contributed by atoms with E-state index >= 15 is 0 Å². The van der Waals surface area contributed by atoms with Crippen LogP contribution < -0.4 is 0 Å². The van der Waals surface area contributed by atoms with Crippen LogP contribution in [0, 0.1) is 0 Å². The molecule has 0 atom stereocenters. The molecular formula is C37H26N8. The second-order valence-electron chi connectivity index (χ2n) is 11.1. The van der Waals surface area contributed by atoms with Crippen LogP contribution in [0.5, 0.6) is 0 Å². The second-order valence-corrected chi connectivity index (χ2v) is 11.1. The first kappa shape index (κ1) is 25.2. The van der Waals surface area contributed by atoms with E-state index in [0.29, 0.717) is 0 Å². The van der Waals surface area contributed by atoms with E-state index in [-0.39, 0.29) is 0 Å². The van der Waals surface area contributed by atoms with Gasteiger partial charge in [-0.15, -0.1) is 0 Å². The van der Waals surface area contributed by atoms with Crippen LogP contribution in [-0.4, -0.2) is 38.7 Å². The highest BCUT2D eigenvalue weighted by Gasteiger charge is 2.18. The molecule has 9 rings (SSSR count). The Balaban J connectivity index is 1.26. The third kappa shape index (κ3) is 4.07. The van der Waals surface area contributed by atoms with Crippen molar-refractivity contribution in [3.05, 3.63) is 140 Å². The van der Waals surface area contributed by atoms with Gasteiger partial charge in [-0.05, 0) is 78.9 Å². The van der Waals surface area contributed by atoms with E-state index in [4.69, 9.17) is 4.98 Å². The standard InChI is InChI=1S/C37H26N8/c1-42-35-15-12-28(44-20-6-18-40-44)24-33(35)41-37(42)26-10-13-30-31-23-27(43-19-5-17-39-43)11-14-34(31)45(36(30)22-26)29-8-4-7-25(21-29)32-9-2-3-16-38-32/h2-24H,1H3. The molecule has 4 aromatic carbocycles. The van der Waals surface area contributed by atoms with Gasteiger partial charge in [0.15, 0.2) is 0 Å². The Morgan fingerprint density at radius 1 is 0.533 bits per heavy atom. The summed E-state index contributed by atoms with van der Waals surface area (Å²) < 4.78 is 8.25. The highest BCUT2D eigenvalue weighted by Crippen LogP contribution is 2.37. The molecule has 0 N–H and O–H groups in total. The molecule has 8 nitrogen and oxygen atoms in total. The number of aryl methyl sites for hydroxylation is 1. The Bertz CT molecular complexity index is 2480. The predicted molar refractivity (Wildman–Crippen MR) is 178 cm³/mol. The molecule has 0 saturated carbocycles. The maximum Gasteiger partial charge on any atom is 0.140 e. The minimum Gasteiger partial charge on any atom is -0.327 e. The normalized spacial score (nSPS) is 11.7. The molecule has 0 amide bonds. The maximum atomic E-state index is 5.11. The lowest BCUT2D eigenvalue weighted by Gasteiger charge is -2.11. The summed E-state index contributed by atoms with van der Waals surface area (Å²) in [5, 5.41) is 11.2. The van der Waals surface area contributed by atoms with E-state index < -0.39 is 0 Å². The molecule has 0 radical (unpaired) electrons. The third-order valence-corrected chi connectivity index (χ3v) is 8.48. The van der Waals surface area contributed by atoms with Crippen molar-refractivity contribution in [3.63, 3.8) is 0 Å². The summed E-state index contributed by atoms with van der Waals surface area (Å²) in [5.41, 5.74) is 10.3. The van der Waals surface area contributed by atoms with Gasteiger partial charge in [-0.25, -0.2) is 14.3 Å². The van der Waals surface area contributed by atoms with Crippen molar-refractivity contribution in [2.75, 3.05) is 0 Å². The summed E-state index contributed by atoms with van der Waals surface area (Å²) in [4.78, 5) is 9.72. The van der Waals surface area contributed by atoms with E-state index in [1.54, 1.807) is 12.4 Å². The molecule has 0 spiro atoms. The van der Waals surface area contributed by atoms with E-state index in [1.165, 1.54) is 0 Å². The van der Waals surface area contributed by atoms with E-state index in [1.807, 2.05) is 58.3 Å². The lowest BCUT2D eigenvalue weighted by Crippen LogP contribution is -1.97. The van der Waals surface area contributed by atoms with E-state index in [9.17, 15) is 0 Å². The summed E-state index contributed by atoms with van der Waals surface area (Å²) in [6.45, 7) is 0. The van der Waals surface area contributed by atoms with Crippen LogP contribution in [0.15, 0.2) is 140 Å². The number of pyridine rings is 1. The van der Waals surface area contributed by atoms with Crippen LogP contribution in [0.2, 0.25) is 0 Å². The smallest absolute Gasteiger partial charge is 0.140 e. The molecule has 5 heterocycles. The largest absolute Gasteiger partial charge is 0.327 e. The Hall–Kier alpha value is -6.28. The van der Waals surface area contributed by atoms with Crippen molar-refractivity contribution >= 4 is 32.8 Å². The van der Waals surface area contributed by atoms with E-state index in [2.05, 4.69) is 110 Å². The van der Waals surface area contributed by atoms with Gasteiger partial charge in [0.1, 0.15) is 5.82 Å². The fourth-order valence-electron chi connectivity index (χ4n) is 6.34. The van der Waals surface area contributed by atoms with Crippen LogP contribution in [0.4, 0.5) is 0 Å². The van der Waals surface area contributed by atoms with Crippen LogP contribution in [0.3, 0.4) is 0 Å². The molecular weight excluding hydrogens is 556 g/mol. The monoisotopic (exact) mass is 582 g/mol. The summed E-state index contributed by atoms with van der Waals surface area (Å²) in [7, 11) is 2.07. The van der Waals surface area contributed by atoms with Gasteiger partial charge >= 0.3 is 0 Å². The molecule has 45 heavy (non-hydrogen) atoms. The lowest BCUT2D eigenvalue weighted by atomic mass is 10.1. The van der Waals surface area contributed by atoms with Gasteiger partial charge in [-0.1, -0.05) is 30.3 Å². The minimum atomic E-state index is 0.904. The molecule has 0 aliphatic rings. The molecule has 0 fully saturated rings. The fraction of sp³-hybridized carbons (Fsp3) is 0.0270. The molecule has 0 saturated heterocycles. The number of imidazole rings is 1. The van der Waals surface area contributed by atoms with Gasteiger partial charge in [0.25, 0.3) is 0 Å². The summed E-state index contributed by atoms with van der Waals surface area (Å²) >= 11 is 0. The average Bonchev–Trinajstić information content (AvgIpc) is 3.91. The van der Waals surface area contributed by atoms with Gasteiger partial charge in [0, 0.05) is 65.6 Å². The molecule has 0 aliphatic heterocycles. The molecule has 0 bridgehead atoms. The number of hydrogen-bond donors (Lipinski definition) is 0. The van der Waals surface area contributed by atoms with E-state index in [0.717, 1.165) is 72.5 Å². The molecule has 0 aliphatic carbocycles. The third-order valence-electron chi connectivity index (χ3n) is 8.48. The van der Waals surface area contributed by atoms with Crippen molar-refractivity contribution in [2.24, 2.45) is 7.05 Å². The Morgan fingerprint density at radius 2 is 1.33 bits per heavy atom. The van der Waals surface area contributed by atoms with Crippen LogP contribution in [0.1, 0.15) is 0 Å². The molecule has 214 valence electrons. The lowest BCUT2D eigenvalue weighted by molar-refractivity contribution is 0.881. The number of aromatic nitrogens is 8. The van der Waals surface area contributed by atoms with Crippen molar-refractivity contribution in [3.8, 4) is 39.7 Å². The molecule has 9 aromatic rings. The van der Waals surface area contributed by atoms with Crippen molar-refractivity contribution in [1.82, 2.24) is 38.7 Å². The first-order valence-corrected chi connectivity index (χ1v) is 14.8. The predicted octanol–water partition coefficient (Wildman–Crippen LogP) is 7.77. The Morgan fingerprint density at radius 3 is 2.09 bits per heavy atom.